The molecule has 0 amide bonds. The van der Waals surface area contributed by atoms with Gasteiger partial charge in [-0.25, -0.2) is 4.57 Å². The van der Waals surface area contributed by atoms with Crippen LogP contribution in [0.3, 0.4) is 0 Å². The standard InChI is InChI=1S/C66H124NO8P/c1-6-8-10-12-14-16-18-20-22-24-26-28-30-31-32-33-34-35-37-38-40-42-44-46-48-50-52-54-56-58-65(68)72-62-64(63-74-76(70,71)73-61-60-67(3,4)5)75-66(69)59-57-55-53-51-49-47-45-43-41-39-36-29-27-25-23-21-19-17-15-13-11-9-7-2/h19,21,24-27,36,39,64H,6-18,20,22-23,28-35,37-38,40-63H2,1-5H3/p+1/b21-19-,26-24-,27-25-,39-36-. The largest absolute Gasteiger partial charge is 0.472 e. The Hall–Kier alpha value is -2.03. The van der Waals surface area contributed by atoms with E-state index in [0.717, 1.165) is 57.8 Å². The van der Waals surface area contributed by atoms with Crippen LogP contribution in [0.1, 0.15) is 309 Å². The van der Waals surface area contributed by atoms with Crippen LogP contribution in [-0.4, -0.2) is 74.9 Å². The van der Waals surface area contributed by atoms with E-state index in [4.69, 9.17) is 18.5 Å². The van der Waals surface area contributed by atoms with Gasteiger partial charge in [-0.1, -0.05) is 268 Å². The Labute approximate surface area is 471 Å². The molecule has 0 heterocycles. The SMILES string of the molecule is CCCCCCC/C=C\C/C=C\C/C=C\CCCCCCCCCCC(=O)OC(COC(=O)CCCCCCCCCCCCCCCCCCC/C=C\CCCCCCCCCC)COP(=O)(O)OCC[N+](C)(C)C. The number of esters is 2. The molecule has 0 aliphatic heterocycles. The van der Waals surface area contributed by atoms with Gasteiger partial charge < -0.3 is 18.9 Å². The first-order chi connectivity index (χ1) is 37.0. The van der Waals surface area contributed by atoms with Crippen LogP contribution in [0, 0.1) is 0 Å². The Morgan fingerprint density at radius 2 is 0.711 bits per heavy atom. The van der Waals surface area contributed by atoms with Gasteiger partial charge in [0.25, 0.3) is 0 Å². The third-order valence-electron chi connectivity index (χ3n) is 14.3. The predicted octanol–water partition coefficient (Wildman–Crippen LogP) is 20.5. The third-order valence-corrected chi connectivity index (χ3v) is 15.3. The van der Waals surface area contributed by atoms with E-state index in [9.17, 15) is 19.0 Å². The quantitative estimate of drug-likeness (QED) is 0.0211. The molecule has 0 aliphatic rings. The third kappa shape index (κ3) is 61.2. The highest BCUT2D eigenvalue weighted by atomic mass is 31.2. The number of allylic oxidation sites excluding steroid dienone is 8. The van der Waals surface area contributed by atoms with Gasteiger partial charge in [-0.3, -0.25) is 18.6 Å². The van der Waals surface area contributed by atoms with Gasteiger partial charge in [0.1, 0.15) is 19.8 Å². The Kier molecular flexibility index (Phi) is 56.1. The summed E-state index contributed by atoms with van der Waals surface area (Å²) in [5.74, 6) is -0.793. The number of quaternary nitrogens is 1. The molecule has 0 rings (SSSR count). The second-order valence-electron chi connectivity index (χ2n) is 23.1. The topological polar surface area (TPSA) is 108 Å². The number of nitrogens with zero attached hydrogens (tertiary/aromatic N) is 1. The van der Waals surface area contributed by atoms with Crippen LogP contribution in [0.4, 0.5) is 0 Å². The first-order valence-electron chi connectivity index (χ1n) is 32.4. The van der Waals surface area contributed by atoms with Gasteiger partial charge >= 0.3 is 19.8 Å². The van der Waals surface area contributed by atoms with Crippen LogP contribution in [0.25, 0.3) is 0 Å². The summed E-state index contributed by atoms with van der Waals surface area (Å²) in [6.45, 7) is 4.46. The molecule has 0 saturated heterocycles. The van der Waals surface area contributed by atoms with E-state index in [1.165, 1.54) is 218 Å². The number of rotatable bonds is 60. The van der Waals surface area contributed by atoms with Crippen molar-refractivity contribution in [1.29, 1.82) is 0 Å². The lowest BCUT2D eigenvalue weighted by Gasteiger charge is -2.24. The summed E-state index contributed by atoms with van der Waals surface area (Å²) >= 11 is 0. The van der Waals surface area contributed by atoms with Crippen molar-refractivity contribution < 1.29 is 42.1 Å². The summed E-state index contributed by atoms with van der Waals surface area (Å²) in [6, 6.07) is 0. The molecule has 0 bridgehead atoms. The van der Waals surface area contributed by atoms with Gasteiger partial charge in [0.05, 0.1) is 27.7 Å². The molecule has 0 saturated carbocycles. The highest BCUT2D eigenvalue weighted by molar-refractivity contribution is 7.47. The first kappa shape index (κ1) is 74.0. The molecule has 446 valence electrons. The van der Waals surface area contributed by atoms with E-state index in [-0.39, 0.29) is 32.0 Å². The second-order valence-corrected chi connectivity index (χ2v) is 24.6. The molecule has 2 atom stereocenters. The minimum Gasteiger partial charge on any atom is -0.462 e. The van der Waals surface area contributed by atoms with Gasteiger partial charge in [-0.05, 0) is 77.0 Å². The fraction of sp³-hybridized carbons (Fsp3) is 0.848. The summed E-state index contributed by atoms with van der Waals surface area (Å²) in [6.07, 6.45) is 73.4. The number of ether oxygens (including phenoxy) is 2. The van der Waals surface area contributed by atoms with Gasteiger partial charge in [-0.15, -0.1) is 0 Å². The zero-order valence-corrected chi connectivity index (χ0v) is 51.6. The smallest absolute Gasteiger partial charge is 0.462 e. The maximum atomic E-state index is 12.8. The number of carbonyl (C=O) groups is 2. The van der Waals surface area contributed by atoms with Gasteiger partial charge in [0, 0.05) is 12.8 Å². The molecule has 1 N–H and O–H groups in total. The Bertz CT molecular complexity index is 1420. The van der Waals surface area contributed by atoms with E-state index in [1.807, 2.05) is 21.1 Å². The van der Waals surface area contributed by atoms with E-state index in [0.29, 0.717) is 17.4 Å². The van der Waals surface area contributed by atoms with Gasteiger partial charge in [-0.2, -0.15) is 0 Å². The Balaban J connectivity index is 4.08. The average molecular weight is 1090 g/mol. The van der Waals surface area contributed by atoms with Crippen molar-refractivity contribution in [3.05, 3.63) is 48.6 Å². The molecule has 0 spiro atoms. The number of likely N-dealkylation sites (N-methyl/N-ethyl adjacent to an activating group) is 1. The zero-order chi connectivity index (χ0) is 55.6. The lowest BCUT2D eigenvalue weighted by molar-refractivity contribution is -0.870. The fourth-order valence-electron chi connectivity index (χ4n) is 9.31. The molecule has 0 aromatic heterocycles. The maximum absolute atomic E-state index is 12.8. The van der Waals surface area contributed by atoms with Crippen molar-refractivity contribution in [1.82, 2.24) is 0 Å². The van der Waals surface area contributed by atoms with E-state index >= 15 is 0 Å². The zero-order valence-electron chi connectivity index (χ0n) is 50.8. The molecule has 0 fully saturated rings. The monoisotopic (exact) mass is 1090 g/mol. The van der Waals surface area contributed by atoms with Crippen molar-refractivity contribution in [3.63, 3.8) is 0 Å². The Morgan fingerprint density at radius 3 is 1.07 bits per heavy atom. The van der Waals surface area contributed by atoms with Crippen molar-refractivity contribution in [2.24, 2.45) is 0 Å². The van der Waals surface area contributed by atoms with Crippen LogP contribution in [0.15, 0.2) is 48.6 Å². The molecule has 0 aliphatic carbocycles. The lowest BCUT2D eigenvalue weighted by Crippen LogP contribution is -2.37. The van der Waals surface area contributed by atoms with E-state index in [2.05, 4.69) is 62.5 Å². The van der Waals surface area contributed by atoms with Crippen molar-refractivity contribution in [2.45, 2.75) is 315 Å². The summed E-state index contributed by atoms with van der Waals surface area (Å²) < 4.78 is 34.7. The summed E-state index contributed by atoms with van der Waals surface area (Å²) in [4.78, 5) is 35.8. The molecule has 0 radical (unpaired) electrons. The van der Waals surface area contributed by atoms with Crippen LogP contribution in [-0.2, 0) is 32.7 Å². The van der Waals surface area contributed by atoms with Crippen LogP contribution in [0.5, 0.6) is 0 Å². The highest BCUT2D eigenvalue weighted by Gasteiger charge is 2.27. The van der Waals surface area contributed by atoms with Crippen LogP contribution >= 0.6 is 7.82 Å². The number of hydrogen-bond acceptors (Lipinski definition) is 7. The molecule has 76 heavy (non-hydrogen) atoms. The molecule has 10 heteroatoms. The van der Waals surface area contributed by atoms with Crippen molar-refractivity contribution in [3.8, 4) is 0 Å². The fourth-order valence-corrected chi connectivity index (χ4v) is 10.1. The van der Waals surface area contributed by atoms with Gasteiger partial charge in [0.15, 0.2) is 6.10 Å². The number of phosphoric acid groups is 1. The van der Waals surface area contributed by atoms with Crippen molar-refractivity contribution in [2.75, 3.05) is 47.5 Å². The highest BCUT2D eigenvalue weighted by Crippen LogP contribution is 2.43. The minimum absolute atomic E-state index is 0.0303. The predicted molar refractivity (Wildman–Crippen MR) is 326 cm³/mol. The molecular weight excluding hydrogens is 966 g/mol. The average Bonchev–Trinajstić information content (AvgIpc) is 3.38. The van der Waals surface area contributed by atoms with E-state index < -0.39 is 26.5 Å². The molecule has 0 aromatic rings. The number of hydrogen-bond donors (Lipinski definition) is 1. The first-order valence-corrected chi connectivity index (χ1v) is 33.9. The molecule has 2 unspecified atom stereocenters. The minimum atomic E-state index is -4.39. The number of phosphoric ester groups is 1. The normalized spacial score (nSPS) is 13.5. The number of carbonyl (C=O) groups excluding carboxylic acids is 2. The lowest BCUT2D eigenvalue weighted by atomic mass is 10.0. The second kappa shape index (κ2) is 57.6. The number of unbranched alkanes of at least 4 members (excludes halogenated alkanes) is 38. The van der Waals surface area contributed by atoms with E-state index in [1.54, 1.807) is 0 Å². The summed E-state index contributed by atoms with van der Waals surface area (Å²) in [5, 5.41) is 0. The van der Waals surface area contributed by atoms with Crippen LogP contribution < -0.4 is 0 Å². The molecule has 0 aromatic carbocycles. The van der Waals surface area contributed by atoms with Crippen LogP contribution in [0.2, 0.25) is 0 Å². The van der Waals surface area contributed by atoms with Crippen molar-refractivity contribution >= 4 is 19.8 Å². The molecular formula is C66H125NO8P+. The van der Waals surface area contributed by atoms with Gasteiger partial charge in [0.2, 0.25) is 0 Å². The maximum Gasteiger partial charge on any atom is 0.472 e. The summed E-state index contributed by atoms with van der Waals surface area (Å²) in [5.41, 5.74) is 0. The Morgan fingerprint density at radius 1 is 0.408 bits per heavy atom. The molecule has 9 nitrogen and oxygen atoms in total. The summed E-state index contributed by atoms with van der Waals surface area (Å²) in [7, 11) is 1.48.